The summed E-state index contributed by atoms with van der Waals surface area (Å²) in [4.78, 5) is -0.269. The first kappa shape index (κ1) is 23.6. The molecule has 0 saturated carbocycles. The fourth-order valence-electron chi connectivity index (χ4n) is 2.61. The van der Waals surface area contributed by atoms with Crippen LogP contribution in [0, 0.1) is 0 Å². The maximum atomic E-state index is 12.2. The zero-order chi connectivity index (χ0) is 18.3. The van der Waals surface area contributed by atoms with Crippen molar-refractivity contribution in [3.05, 3.63) is 48.0 Å². The maximum absolute atomic E-state index is 12.2. The zero-order valence-electron chi connectivity index (χ0n) is 15.3. The Kier molecular flexibility index (Phi) is 10.4. The van der Waals surface area contributed by atoms with Crippen LogP contribution in [-0.4, -0.2) is 13.0 Å². The van der Waals surface area contributed by atoms with E-state index < -0.39 is 10.1 Å². The maximum Gasteiger partial charge on any atom is 1.00 e. The van der Waals surface area contributed by atoms with Crippen LogP contribution >= 0.6 is 0 Å². The Morgan fingerprint density at radius 3 is 2.42 bits per heavy atom. The van der Waals surface area contributed by atoms with Crippen LogP contribution < -0.4 is 61.2 Å². The Morgan fingerprint density at radius 2 is 1.73 bits per heavy atom. The molecule has 5 nitrogen and oxygen atoms in total. The van der Waals surface area contributed by atoms with Crippen molar-refractivity contribution in [2.45, 2.75) is 50.3 Å². The molecule has 0 aliphatic heterocycles. The first-order valence-electron chi connectivity index (χ1n) is 8.46. The minimum Gasteiger partial charge on any atom is -0.870 e. The number of para-hydroxylation sites is 1. The summed E-state index contributed by atoms with van der Waals surface area (Å²) in [7, 11) is -4.32. The summed E-state index contributed by atoms with van der Waals surface area (Å²) in [5.74, 6) is 0.166. The molecule has 0 bridgehead atoms. The fraction of sp³-hybridized carbons (Fsp3) is 0.368. The third-order valence-electron chi connectivity index (χ3n) is 3.93. The summed E-state index contributed by atoms with van der Waals surface area (Å²) in [6, 6.07) is 10.4. The van der Waals surface area contributed by atoms with E-state index >= 15 is 0 Å². The third-order valence-corrected chi connectivity index (χ3v) is 4.78. The van der Waals surface area contributed by atoms with Gasteiger partial charge in [-0.2, -0.15) is 8.42 Å². The van der Waals surface area contributed by atoms with Gasteiger partial charge in [-0.3, -0.25) is 4.55 Å². The van der Waals surface area contributed by atoms with Gasteiger partial charge >= 0.3 is 51.4 Å². The monoisotopic (exact) mass is 402 g/mol. The first-order chi connectivity index (χ1) is 11.9. The molecule has 0 amide bonds. The fourth-order valence-corrected chi connectivity index (χ4v) is 3.12. The standard InChI is InChI=1S/C19H24O5S.K/c1-2-3-4-5-6-9-15-10-7-13-18(20)19(15)24-16-11-8-12-17(14-16)25(21,22)23;/h7-8,10-14,20H,2-6,9H2,1H3,(H,21,22,23);/q;+1/p-1. The molecule has 0 atom stereocenters. The molecular formula is C19H23KO5S. The van der Waals surface area contributed by atoms with Crippen LogP contribution in [-0.2, 0) is 16.5 Å². The summed E-state index contributed by atoms with van der Waals surface area (Å²) in [5.41, 5.74) is 0.807. The molecule has 26 heavy (non-hydrogen) atoms. The summed E-state index contributed by atoms with van der Waals surface area (Å²) < 4.78 is 37.3. The molecule has 0 aliphatic carbocycles. The van der Waals surface area contributed by atoms with Crippen LogP contribution in [0.1, 0.15) is 44.6 Å². The van der Waals surface area contributed by atoms with E-state index in [2.05, 4.69) is 6.92 Å². The number of benzene rings is 2. The number of hydrogen-bond acceptors (Lipinski definition) is 4. The largest absolute Gasteiger partial charge is 1.00 e. The van der Waals surface area contributed by atoms with E-state index in [0.29, 0.717) is 0 Å². The van der Waals surface area contributed by atoms with E-state index in [1.165, 1.54) is 43.5 Å². The normalized spacial score (nSPS) is 11.0. The summed E-state index contributed by atoms with van der Waals surface area (Å²) in [6.45, 7) is 2.16. The number of unbranched alkanes of at least 4 members (excludes halogenated alkanes) is 4. The molecule has 0 heterocycles. The van der Waals surface area contributed by atoms with Gasteiger partial charge in [-0.1, -0.05) is 62.6 Å². The topological polar surface area (TPSA) is 86.7 Å². The smallest absolute Gasteiger partial charge is 0.870 e. The average molecular weight is 403 g/mol. The Balaban J connectivity index is 0.00000338. The van der Waals surface area contributed by atoms with Crippen LogP contribution in [0.15, 0.2) is 47.4 Å². The second kappa shape index (κ2) is 11.4. The molecule has 2 rings (SSSR count). The Labute approximate surface area is 198 Å². The first-order valence-corrected chi connectivity index (χ1v) is 9.90. The molecule has 136 valence electrons. The van der Waals surface area contributed by atoms with Gasteiger partial charge in [0.2, 0.25) is 0 Å². The van der Waals surface area contributed by atoms with E-state index in [0.717, 1.165) is 24.8 Å². The molecule has 0 radical (unpaired) electrons. The molecule has 0 saturated heterocycles. The third kappa shape index (κ3) is 7.30. The Morgan fingerprint density at radius 1 is 1.04 bits per heavy atom. The Bertz CT molecular complexity index is 805. The van der Waals surface area contributed by atoms with Crippen molar-refractivity contribution in [1.82, 2.24) is 0 Å². The van der Waals surface area contributed by atoms with Crippen LogP contribution in [0.5, 0.6) is 17.2 Å². The van der Waals surface area contributed by atoms with Crippen molar-refractivity contribution < 1.29 is 74.2 Å². The molecule has 2 aromatic carbocycles. The van der Waals surface area contributed by atoms with E-state index in [1.807, 2.05) is 6.07 Å². The van der Waals surface area contributed by atoms with Crippen molar-refractivity contribution in [2.75, 3.05) is 0 Å². The van der Waals surface area contributed by atoms with Gasteiger partial charge in [0.1, 0.15) is 11.5 Å². The van der Waals surface area contributed by atoms with Crippen LogP contribution in [0.3, 0.4) is 0 Å². The molecule has 7 heteroatoms. The summed E-state index contributed by atoms with van der Waals surface area (Å²) in [6.07, 6.45) is 6.33. The molecule has 1 N–H and O–H groups in total. The van der Waals surface area contributed by atoms with Gasteiger partial charge in [0, 0.05) is 6.07 Å². The van der Waals surface area contributed by atoms with Gasteiger partial charge in [0.05, 0.1) is 4.90 Å². The predicted molar refractivity (Wildman–Crippen MR) is 94.7 cm³/mol. The molecule has 0 fully saturated rings. The zero-order valence-corrected chi connectivity index (χ0v) is 19.2. The van der Waals surface area contributed by atoms with Crippen molar-refractivity contribution in [3.8, 4) is 17.2 Å². The number of rotatable bonds is 9. The van der Waals surface area contributed by atoms with Crippen LogP contribution in [0.4, 0.5) is 0 Å². The Hall–Kier alpha value is -0.414. The summed E-state index contributed by atoms with van der Waals surface area (Å²) >= 11 is 0. The van der Waals surface area contributed by atoms with Crippen molar-refractivity contribution in [2.24, 2.45) is 0 Å². The average Bonchev–Trinajstić information content (AvgIpc) is 2.57. The van der Waals surface area contributed by atoms with Crippen molar-refractivity contribution >= 4 is 10.1 Å². The molecule has 0 aliphatic rings. The van der Waals surface area contributed by atoms with E-state index in [4.69, 9.17) is 9.29 Å². The SMILES string of the molecule is CCCCCCCc1cccc([O-])c1Oc1cccc(S(=O)(=O)O)c1.[K+]. The predicted octanol–water partition coefficient (Wildman–Crippen LogP) is 1.32. The van der Waals surface area contributed by atoms with Crippen LogP contribution in [0.2, 0.25) is 0 Å². The van der Waals surface area contributed by atoms with Gasteiger partial charge in [-0.15, -0.1) is 0 Å². The van der Waals surface area contributed by atoms with Crippen LogP contribution in [0.25, 0.3) is 0 Å². The van der Waals surface area contributed by atoms with E-state index in [9.17, 15) is 13.5 Å². The molecular weight excluding hydrogens is 379 g/mol. The van der Waals surface area contributed by atoms with Crippen molar-refractivity contribution in [3.63, 3.8) is 0 Å². The minimum atomic E-state index is -4.32. The van der Waals surface area contributed by atoms with Gasteiger partial charge in [0.25, 0.3) is 10.1 Å². The second-order valence-corrected chi connectivity index (χ2v) is 7.38. The number of aryl methyl sites for hydroxylation is 1. The van der Waals surface area contributed by atoms with E-state index in [1.54, 1.807) is 12.1 Å². The van der Waals surface area contributed by atoms with Gasteiger partial charge in [0.15, 0.2) is 0 Å². The number of ether oxygens (including phenoxy) is 1. The molecule has 0 spiro atoms. The van der Waals surface area contributed by atoms with Crippen molar-refractivity contribution in [1.29, 1.82) is 0 Å². The van der Waals surface area contributed by atoms with Gasteiger partial charge in [-0.25, -0.2) is 0 Å². The van der Waals surface area contributed by atoms with Gasteiger partial charge in [-0.05, 0) is 30.5 Å². The minimum absolute atomic E-state index is 0. The molecule has 2 aromatic rings. The molecule has 0 aromatic heterocycles. The quantitative estimate of drug-likeness (QED) is 0.388. The van der Waals surface area contributed by atoms with Gasteiger partial charge < -0.3 is 9.84 Å². The summed E-state index contributed by atoms with van der Waals surface area (Å²) in [5, 5.41) is 12.2. The second-order valence-electron chi connectivity index (χ2n) is 5.96. The molecule has 0 unspecified atom stereocenters. The van der Waals surface area contributed by atoms with E-state index in [-0.39, 0.29) is 73.5 Å². The number of hydrogen-bond donors (Lipinski definition) is 1.